The molecule has 0 unspecified atom stereocenters. The molecule has 268 valence electrons. The normalized spacial score (nSPS) is 21.8. The van der Waals surface area contributed by atoms with Gasteiger partial charge in [-0.15, -0.1) is 49.6 Å². The van der Waals surface area contributed by atoms with Crippen molar-refractivity contribution >= 4 is 49.6 Å². The van der Waals surface area contributed by atoms with Crippen molar-refractivity contribution < 1.29 is 0 Å². The summed E-state index contributed by atoms with van der Waals surface area (Å²) in [6, 6.07) is 0. The van der Waals surface area contributed by atoms with Crippen molar-refractivity contribution in [3.8, 4) is 0 Å². The first kappa shape index (κ1) is 51.3. The Hall–Kier alpha value is 0.480. The van der Waals surface area contributed by atoms with E-state index in [1.54, 1.807) is 22.3 Å². The largest absolute Gasteiger partial charge is 0.304 e. The average Bonchev–Trinajstić information content (AvgIpc) is 2.96. The highest BCUT2D eigenvalue weighted by atomic mass is 35.5. The SMILES string of the molecule is CCN(CC)C[C@@H]1CC(C)=C(C)C[C@H]1CN(CC)CC.CCN(CC)C[C@@H]1CC(C)=C(C)C[C@H]1CN(CC)CC.Cl.Cl.Cl.Cl. The summed E-state index contributed by atoms with van der Waals surface area (Å²) in [5, 5.41) is 0. The summed E-state index contributed by atoms with van der Waals surface area (Å²) < 4.78 is 0. The van der Waals surface area contributed by atoms with Gasteiger partial charge >= 0.3 is 0 Å². The predicted octanol–water partition coefficient (Wildman–Crippen LogP) is 9.75. The predicted molar refractivity (Wildman–Crippen MR) is 209 cm³/mol. The maximum atomic E-state index is 2.60. The van der Waals surface area contributed by atoms with Crippen LogP contribution < -0.4 is 0 Å². The Morgan fingerprint density at radius 2 is 0.477 bits per heavy atom. The monoisotopic (exact) mass is 704 g/mol. The fourth-order valence-electron chi connectivity index (χ4n) is 7.05. The molecule has 0 saturated heterocycles. The molecule has 0 spiro atoms. The molecule has 4 nitrogen and oxygen atoms in total. The molecule has 8 heteroatoms. The van der Waals surface area contributed by atoms with Gasteiger partial charge in [-0.3, -0.25) is 0 Å². The number of hydrogen-bond acceptors (Lipinski definition) is 4. The van der Waals surface area contributed by atoms with E-state index in [-0.39, 0.29) is 49.6 Å². The van der Waals surface area contributed by atoms with Crippen LogP contribution in [0.5, 0.6) is 0 Å². The van der Waals surface area contributed by atoms with Crippen LogP contribution in [0.1, 0.15) is 109 Å². The van der Waals surface area contributed by atoms with Crippen LogP contribution in [0.25, 0.3) is 0 Å². The highest BCUT2D eigenvalue weighted by Gasteiger charge is 2.30. The average molecular weight is 707 g/mol. The standard InChI is InChI=1S/2C18H36N2.4ClH/c2*1-7-19(8-2)13-17-11-15(5)16(6)12-18(17)14-20(9-3)10-4;;;;/h2*17-18H,7-14H2,1-6H3;4*1H/t2*17-,18-;;;;/m00..../s1. The number of hydrogen-bond donors (Lipinski definition) is 0. The van der Waals surface area contributed by atoms with Crippen molar-refractivity contribution in [2.45, 2.75) is 109 Å². The zero-order valence-electron chi connectivity index (χ0n) is 31.0. The van der Waals surface area contributed by atoms with E-state index in [4.69, 9.17) is 0 Å². The van der Waals surface area contributed by atoms with E-state index < -0.39 is 0 Å². The lowest BCUT2D eigenvalue weighted by molar-refractivity contribution is 0.149. The smallest absolute Gasteiger partial charge is 0.00157 e. The molecule has 4 atom stereocenters. The minimum atomic E-state index is 0. The molecular weight excluding hydrogens is 630 g/mol. The van der Waals surface area contributed by atoms with Crippen molar-refractivity contribution in [1.29, 1.82) is 0 Å². The third-order valence-electron chi connectivity index (χ3n) is 10.6. The highest BCUT2D eigenvalue weighted by Crippen LogP contribution is 2.36. The van der Waals surface area contributed by atoms with Crippen molar-refractivity contribution in [2.75, 3.05) is 78.5 Å². The highest BCUT2D eigenvalue weighted by molar-refractivity contribution is 5.86. The molecule has 2 aliphatic rings. The van der Waals surface area contributed by atoms with E-state index >= 15 is 0 Å². The van der Waals surface area contributed by atoms with Gasteiger partial charge in [0.2, 0.25) is 0 Å². The van der Waals surface area contributed by atoms with Crippen molar-refractivity contribution in [3.05, 3.63) is 22.3 Å². The van der Waals surface area contributed by atoms with Crippen LogP contribution in [-0.2, 0) is 0 Å². The van der Waals surface area contributed by atoms with E-state index in [0.29, 0.717) is 0 Å². The molecule has 44 heavy (non-hydrogen) atoms. The Morgan fingerprint density at radius 3 is 0.591 bits per heavy atom. The first-order valence-electron chi connectivity index (χ1n) is 17.3. The van der Waals surface area contributed by atoms with E-state index in [0.717, 1.165) is 23.7 Å². The molecule has 0 bridgehead atoms. The Bertz CT molecular complexity index is 622. The molecule has 2 aliphatic carbocycles. The van der Waals surface area contributed by atoms with Crippen LogP contribution in [0.3, 0.4) is 0 Å². The van der Waals surface area contributed by atoms with Gasteiger partial charge in [-0.1, -0.05) is 77.7 Å². The first-order valence-corrected chi connectivity index (χ1v) is 17.3. The third-order valence-corrected chi connectivity index (χ3v) is 10.6. The summed E-state index contributed by atoms with van der Waals surface area (Å²) in [7, 11) is 0. The number of halogens is 4. The van der Waals surface area contributed by atoms with Crippen LogP contribution in [-0.4, -0.2) is 98.1 Å². The molecular formula is C36H76Cl4N4. The summed E-state index contributed by atoms with van der Waals surface area (Å²) in [5.74, 6) is 3.39. The van der Waals surface area contributed by atoms with Gasteiger partial charge in [0.05, 0.1) is 0 Å². The molecule has 0 N–H and O–H groups in total. The summed E-state index contributed by atoms with van der Waals surface area (Å²) >= 11 is 0. The van der Waals surface area contributed by atoms with Crippen LogP contribution in [0, 0.1) is 23.7 Å². The summed E-state index contributed by atoms with van der Waals surface area (Å²) in [6.07, 6.45) is 5.26. The molecule has 0 saturated carbocycles. The maximum Gasteiger partial charge on any atom is 0.00157 e. The van der Waals surface area contributed by atoms with Gasteiger partial charge in [-0.25, -0.2) is 0 Å². The summed E-state index contributed by atoms with van der Waals surface area (Å²) in [5.41, 5.74) is 6.60. The zero-order valence-corrected chi connectivity index (χ0v) is 34.3. The van der Waals surface area contributed by atoms with E-state index in [9.17, 15) is 0 Å². The van der Waals surface area contributed by atoms with E-state index in [1.165, 1.54) is 104 Å². The molecule has 0 aliphatic heterocycles. The molecule has 0 radical (unpaired) electrons. The van der Waals surface area contributed by atoms with Crippen LogP contribution in [0.15, 0.2) is 22.3 Å². The number of nitrogens with zero attached hydrogens (tertiary/aromatic N) is 4. The minimum absolute atomic E-state index is 0. The third kappa shape index (κ3) is 17.6. The molecule has 0 fully saturated rings. The van der Waals surface area contributed by atoms with Crippen molar-refractivity contribution in [3.63, 3.8) is 0 Å². The van der Waals surface area contributed by atoms with Gasteiger partial charge in [0.25, 0.3) is 0 Å². The van der Waals surface area contributed by atoms with Gasteiger partial charge in [0.1, 0.15) is 0 Å². The molecule has 2 rings (SSSR count). The van der Waals surface area contributed by atoms with Gasteiger partial charge in [-0.2, -0.15) is 0 Å². The Kier molecular flexibility index (Phi) is 33.2. The topological polar surface area (TPSA) is 13.0 Å². The van der Waals surface area contributed by atoms with E-state index in [2.05, 4.69) is 103 Å². The van der Waals surface area contributed by atoms with Crippen LogP contribution in [0.2, 0.25) is 0 Å². The van der Waals surface area contributed by atoms with E-state index in [1.807, 2.05) is 0 Å². The van der Waals surface area contributed by atoms with Crippen molar-refractivity contribution in [2.24, 2.45) is 23.7 Å². The fourth-order valence-corrected chi connectivity index (χ4v) is 7.05. The van der Waals surface area contributed by atoms with Crippen LogP contribution >= 0.6 is 49.6 Å². The molecule has 0 aromatic carbocycles. The Labute approximate surface area is 301 Å². The van der Waals surface area contributed by atoms with Gasteiger partial charge in [-0.05, 0) is 129 Å². The Balaban J connectivity index is -0.000000333. The zero-order chi connectivity index (χ0) is 30.2. The lowest BCUT2D eigenvalue weighted by Crippen LogP contribution is -2.40. The number of allylic oxidation sites excluding steroid dienone is 4. The molecule has 0 aromatic heterocycles. The molecule has 0 heterocycles. The summed E-state index contributed by atoms with van der Waals surface area (Å²) in [6.45, 7) is 42.3. The second kappa shape index (κ2) is 28.5. The first-order chi connectivity index (χ1) is 19.1. The molecule has 0 amide bonds. The maximum absolute atomic E-state index is 2.60. The second-order valence-electron chi connectivity index (χ2n) is 12.9. The van der Waals surface area contributed by atoms with Gasteiger partial charge in [0, 0.05) is 26.2 Å². The molecule has 0 aromatic rings. The van der Waals surface area contributed by atoms with Gasteiger partial charge in [0.15, 0.2) is 0 Å². The lowest BCUT2D eigenvalue weighted by Gasteiger charge is -2.38. The minimum Gasteiger partial charge on any atom is -0.304 e. The quantitative estimate of drug-likeness (QED) is 0.148. The number of rotatable bonds is 16. The van der Waals surface area contributed by atoms with Crippen LogP contribution in [0.4, 0.5) is 0 Å². The van der Waals surface area contributed by atoms with Crippen molar-refractivity contribution in [1.82, 2.24) is 19.6 Å². The summed E-state index contributed by atoms with van der Waals surface area (Å²) in [4.78, 5) is 10.4. The van der Waals surface area contributed by atoms with Gasteiger partial charge < -0.3 is 19.6 Å². The lowest BCUT2D eigenvalue weighted by atomic mass is 9.76. The second-order valence-corrected chi connectivity index (χ2v) is 12.9. The fraction of sp³-hybridized carbons (Fsp3) is 0.889. The Morgan fingerprint density at radius 1 is 0.341 bits per heavy atom.